The average molecular weight is 336 g/mol. The number of rotatable bonds is 2. The maximum atomic E-state index is 12.1. The van der Waals surface area contributed by atoms with E-state index < -0.39 is 0 Å². The number of carbonyl (C=O) groups excluding carboxylic acids is 1. The number of anilines is 1. The zero-order valence-corrected chi connectivity index (χ0v) is 13.6. The van der Waals surface area contributed by atoms with Gasteiger partial charge in [0.05, 0.1) is 15.7 Å². The molecule has 6 heteroatoms. The zero-order chi connectivity index (χ0) is 15.4. The van der Waals surface area contributed by atoms with Crippen LogP contribution in [0.5, 0.6) is 0 Å². The molecule has 1 atom stereocenters. The lowest BCUT2D eigenvalue weighted by atomic mass is 9.85. The summed E-state index contributed by atoms with van der Waals surface area (Å²) in [5.74, 6) is 1.20. The number of amides is 1. The van der Waals surface area contributed by atoms with E-state index in [4.69, 9.17) is 23.2 Å². The van der Waals surface area contributed by atoms with Gasteiger partial charge in [0, 0.05) is 30.9 Å². The highest BCUT2D eigenvalue weighted by Gasteiger charge is 2.39. The maximum absolute atomic E-state index is 12.1. The second kappa shape index (κ2) is 5.00. The van der Waals surface area contributed by atoms with Crippen LogP contribution in [-0.4, -0.2) is 15.7 Å². The Morgan fingerprint density at radius 2 is 2.09 bits per heavy atom. The second-order valence-corrected chi connectivity index (χ2v) is 6.78. The molecule has 1 amide bonds. The first-order valence-electron chi connectivity index (χ1n) is 7.36. The van der Waals surface area contributed by atoms with Crippen LogP contribution in [0.25, 0.3) is 0 Å². The number of benzene rings is 1. The van der Waals surface area contributed by atoms with Crippen LogP contribution >= 0.6 is 23.2 Å². The summed E-state index contributed by atoms with van der Waals surface area (Å²) in [5, 5.41) is 8.64. The van der Waals surface area contributed by atoms with Gasteiger partial charge in [0.15, 0.2) is 0 Å². The van der Waals surface area contributed by atoms with E-state index in [2.05, 4.69) is 10.4 Å². The van der Waals surface area contributed by atoms with Gasteiger partial charge in [-0.05, 0) is 24.5 Å². The molecule has 114 valence electrons. The molecule has 0 radical (unpaired) electrons. The van der Waals surface area contributed by atoms with Crippen LogP contribution in [0.4, 0.5) is 5.82 Å². The Balaban J connectivity index is 1.91. The number of hydrogen-bond donors (Lipinski definition) is 1. The van der Waals surface area contributed by atoms with E-state index in [9.17, 15) is 4.79 Å². The van der Waals surface area contributed by atoms with Crippen molar-refractivity contribution in [1.29, 1.82) is 0 Å². The van der Waals surface area contributed by atoms with E-state index in [1.54, 1.807) is 10.7 Å². The first-order valence-corrected chi connectivity index (χ1v) is 8.12. The summed E-state index contributed by atoms with van der Waals surface area (Å²) in [5.41, 5.74) is 3.10. The van der Waals surface area contributed by atoms with Crippen molar-refractivity contribution >= 4 is 34.9 Å². The Kier molecular flexibility index (Phi) is 3.20. The third-order valence-electron chi connectivity index (χ3n) is 4.43. The summed E-state index contributed by atoms with van der Waals surface area (Å²) in [6.07, 6.45) is 2.69. The number of halogens is 2. The van der Waals surface area contributed by atoms with Crippen LogP contribution in [0.3, 0.4) is 0 Å². The van der Waals surface area contributed by atoms with Crippen LogP contribution in [0.15, 0.2) is 18.2 Å². The van der Waals surface area contributed by atoms with E-state index in [0.29, 0.717) is 22.4 Å². The van der Waals surface area contributed by atoms with Crippen molar-refractivity contribution in [2.75, 3.05) is 5.32 Å². The van der Waals surface area contributed by atoms with Gasteiger partial charge in [-0.3, -0.25) is 9.48 Å². The highest BCUT2D eigenvalue weighted by Crippen LogP contribution is 2.49. The van der Waals surface area contributed by atoms with Gasteiger partial charge in [-0.1, -0.05) is 35.3 Å². The fourth-order valence-electron chi connectivity index (χ4n) is 3.24. The molecule has 2 aromatic rings. The summed E-state index contributed by atoms with van der Waals surface area (Å²) in [4.78, 5) is 12.1. The number of nitrogens with zero attached hydrogens (tertiary/aromatic N) is 2. The lowest BCUT2D eigenvalue weighted by Crippen LogP contribution is -2.25. The van der Waals surface area contributed by atoms with Crippen LogP contribution in [0.2, 0.25) is 10.0 Å². The first kappa shape index (κ1) is 14.1. The Morgan fingerprint density at radius 1 is 1.32 bits per heavy atom. The van der Waals surface area contributed by atoms with Gasteiger partial charge in [-0.25, -0.2) is 0 Å². The highest BCUT2D eigenvalue weighted by atomic mass is 35.5. The Labute approximate surface area is 138 Å². The van der Waals surface area contributed by atoms with Gasteiger partial charge < -0.3 is 5.32 Å². The van der Waals surface area contributed by atoms with Crippen molar-refractivity contribution in [1.82, 2.24) is 9.78 Å². The minimum atomic E-state index is -0.0840. The first-order chi connectivity index (χ1) is 10.6. The van der Waals surface area contributed by atoms with E-state index in [1.807, 2.05) is 19.2 Å². The third kappa shape index (κ3) is 2.13. The molecule has 1 fully saturated rings. The standard InChI is InChI=1S/C16H15Cl2N3O/c1-21-16-13(15(20-21)8-5-6-8)10(7-12(22)19-16)9-3-2-4-11(17)14(9)18/h2-4,8,10H,5-7H2,1H3,(H,19,22). The minimum absolute atomic E-state index is 0.0149. The smallest absolute Gasteiger partial charge is 0.226 e. The quantitative estimate of drug-likeness (QED) is 0.898. The number of nitrogens with one attached hydrogen (secondary N) is 1. The van der Waals surface area contributed by atoms with Crippen LogP contribution in [0.1, 0.15) is 47.9 Å². The number of hydrogen-bond acceptors (Lipinski definition) is 2. The van der Waals surface area contributed by atoms with E-state index in [-0.39, 0.29) is 11.8 Å². The van der Waals surface area contributed by atoms with Gasteiger partial charge in [0.25, 0.3) is 0 Å². The Bertz CT molecular complexity index is 780. The Hall–Kier alpha value is -1.52. The van der Waals surface area contributed by atoms with Crippen molar-refractivity contribution in [2.45, 2.75) is 31.1 Å². The molecule has 4 rings (SSSR count). The molecule has 0 bridgehead atoms. The molecule has 2 heterocycles. The molecular weight excluding hydrogens is 321 g/mol. The van der Waals surface area contributed by atoms with Gasteiger partial charge >= 0.3 is 0 Å². The lowest BCUT2D eigenvalue weighted by molar-refractivity contribution is -0.116. The molecule has 0 spiro atoms. The molecule has 1 unspecified atom stereocenters. The molecular formula is C16H15Cl2N3O. The highest BCUT2D eigenvalue weighted by molar-refractivity contribution is 6.42. The Morgan fingerprint density at radius 3 is 2.82 bits per heavy atom. The van der Waals surface area contributed by atoms with Crippen LogP contribution in [0, 0.1) is 0 Å². The van der Waals surface area contributed by atoms with Crippen molar-refractivity contribution in [2.24, 2.45) is 7.05 Å². The summed E-state index contributed by atoms with van der Waals surface area (Å²) in [6.45, 7) is 0. The zero-order valence-electron chi connectivity index (χ0n) is 12.1. The molecule has 0 saturated heterocycles. The lowest BCUT2D eigenvalue weighted by Gasteiger charge is -2.25. The molecule has 1 aliphatic carbocycles. The molecule has 2 aliphatic rings. The third-order valence-corrected chi connectivity index (χ3v) is 5.26. The number of fused-ring (bicyclic) bond motifs is 1. The van der Waals surface area contributed by atoms with E-state index in [0.717, 1.165) is 35.5 Å². The van der Waals surface area contributed by atoms with Gasteiger partial charge in [0.1, 0.15) is 5.82 Å². The van der Waals surface area contributed by atoms with Gasteiger partial charge in [-0.2, -0.15) is 5.10 Å². The SMILES string of the molecule is Cn1nc(C2CC2)c2c1NC(=O)CC2c1cccc(Cl)c1Cl. The summed E-state index contributed by atoms with van der Waals surface area (Å²) in [6, 6.07) is 5.59. The predicted molar refractivity (Wildman–Crippen MR) is 86.7 cm³/mol. The van der Waals surface area contributed by atoms with Crippen molar-refractivity contribution in [3.8, 4) is 0 Å². The minimum Gasteiger partial charge on any atom is -0.311 e. The maximum Gasteiger partial charge on any atom is 0.226 e. The second-order valence-electron chi connectivity index (χ2n) is 5.99. The summed E-state index contributed by atoms with van der Waals surface area (Å²) in [7, 11) is 1.87. The van der Waals surface area contributed by atoms with Gasteiger partial charge in [0.2, 0.25) is 5.91 Å². The average Bonchev–Trinajstić information content (AvgIpc) is 3.27. The molecule has 4 nitrogen and oxygen atoms in total. The topological polar surface area (TPSA) is 46.9 Å². The molecule has 1 aliphatic heterocycles. The number of aryl methyl sites for hydroxylation is 1. The number of carbonyl (C=O) groups is 1. The van der Waals surface area contributed by atoms with Gasteiger partial charge in [-0.15, -0.1) is 0 Å². The molecule has 1 saturated carbocycles. The largest absolute Gasteiger partial charge is 0.311 e. The molecule has 1 aromatic heterocycles. The molecule has 1 aromatic carbocycles. The van der Waals surface area contributed by atoms with Crippen LogP contribution < -0.4 is 5.32 Å². The fourth-order valence-corrected chi connectivity index (χ4v) is 3.68. The summed E-state index contributed by atoms with van der Waals surface area (Å²) >= 11 is 12.6. The predicted octanol–water partition coefficient (Wildman–Crippen LogP) is 4.08. The van der Waals surface area contributed by atoms with Crippen molar-refractivity contribution < 1.29 is 4.79 Å². The molecule has 1 N–H and O–H groups in total. The summed E-state index contributed by atoms with van der Waals surface area (Å²) < 4.78 is 1.77. The fraction of sp³-hybridized carbons (Fsp3) is 0.375. The monoisotopic (exact) mass is 335 g/mol. The van der Waals surface area contributed by atoms with E-state index in [1.165, 1.54) is 0 Å². The van der Waals surface area contributed by atoms with Crippen molar-refractivity contribution in [3.05, 3.63) is 45.1 Å². The van der Waals surface area contributed by atoms with E-state index >= 15 is 0 Å². The van der Waals surface area contributed by atoms with Crippen LogP contribution in [-0.2, 0) is 11.8 Å². The number of aromatic nitrogens is 2. The normalized spacial score (nSPS) is 20.7. The van der Waals surface area contributed by atoms with Crippen molar-refractivity contribution in [3.63, 3.8) is 0 Å². The molecule has 22 heavy (non-hydrogen) atoms.